The molecule has 29 heavy (non-hydrogen) atoms. The number of hydrogen-bond acceptors (Lipinski definition) is 6. The number of nitro groups is 1. The summed E-state index contributed by atoms with van der Waals surface area (Å²) in [4.78, 5) is 46.1. The average molecular weight is 440 g/mol. The molecule has 0 aliphatic heterocycles. The standard InChI is InChI=1S/C18H15Cl2N3O6/c1-10(17(25)22-14-5-3-2-4-12(14)19)29-16(24)9-21-18(26)11-6-7-13(20)15(8-11)23(27)28/h2-8,10H,9H2,1H3,(H,21,26)(H,22,25). The summed E-state index contributed by atoms with van der Waals surface area (Å²) in [5.41, 5.74) is -0.134. The number of amides is 2. The molecule has 152 valence electrons. The molecular weight excluding hydrogens is 425 g/mol. The Morgan fingerprint density at radius 2 is 1.83 bits per heavy atom. The van der Waals surface area contributed by atoms with Crippen LogP contribution in [0.25, 0.3) is 0 Å². The number of benzene rings is 2. The molecule has 2 aromatic rings. The summed E-state index contributed by atoms with van der Waals surface area (Å²) in [5, 5.41) is 15.8. The molecule has 1 atom stereocenters. The van der Waals surface area contributed by atoms with Crippen LogP contribution >= 0.6 is 23.2 Å². The smallest absolute Gasteiger partial charge is 0.326 e. The Morgan fingerprint density at radius 3 is 2.48 bits per heavy atom. The number of carbonyl (C=O) groups excluding carboxylic acids is 3. The number of nitrogens with zero attached hydrogens (tertiary/aromatic N) is 1. The predicted molar refractivity (Wildman–Crippen MR) is 106 cm³/mol. The molecule has 2 N–H and O–H groups in total. The van der Waals surface area contributed by atoms with Gasteiger partial charge in [-0.15, -0.1) is 0 Å². The van der Waals surface area contributed by atoms with Gasteiger partial charge in [0.25, 0.3) is 17.5 Å². The van der Waals surface area contributed by atoms with Crippen LogP contribution in [0.5, 0.6) is 0 Å². The highest BCUT2D eigenvalue weighted by molar-refractivity contribution is 6.33. The quantitative estimate of drug-likeness (QED) is 0.387. The molecule has 0 saturated carbocycles. The molecule has 2 amide bonds. The van der Waals surface area contributed by atoms with Crippen molar-refractivity contribution in [2.45, 2.75) is 13.0 Å². The number of halogens is 2. The lowest BCUT2D eigenvalue weighted by Gasteiger charge is -2.14. The highest BCUT2D eigenvalue weighted by Gasteiger charge is 2.20. The second-order valence-corrected chi connectivity index (χ2v) is 6.52. The molecule has 0 spiro atoms. The van der Waals surface area contributed by atoms with Gasteiger partial charge >= 0.3 is 5.97 Å². The molecule has 0 aromatic heterocycles. The van der Waals surface area contributed by atoms with E-state index in [-0.39, 0.29) is 10.6 Å². The highest BCUT2D eigenvalue weighted by Crippen LogP contribution is 2.25. The lowest BCUT2D eigenvalue weighted by atomic mass is 10.2. The number of anilines is 1. The molecule has 0 saturated heterocycles. The molecule has 0 aliphatic rings. The number of nitrogens with one attached hydrogen (secondary N) is 2. The zero-order chi connectivity index (χ0) is 21.6. The van der Waals surface area contributed by atoms with Crippen LogP contribution in [0.1, 0.15) is 17.3 Å². The van der Waals surface area contributed by atoms with E-state index in [2.05, 4.69) is 10.6 Å². The highest BCUT2D eigenvalue weighted by atomic mass is 35.5. The summed E-state index contributed by atoms with van der Waals surface area (Å²) in [6.45, 7) is 0.813. The van der Waals surface area contributed by atoms with Gasteiger partial charge in [-0.3, -0.25) is 24.5 Å². The fourth-order valence-corrected chi connectivity index (χ4v) is 2.51. The maximum Gasteiger partial charge on any atom is 0.326 e. The van der Waals surface area contributed by atoms with E-state index in [1.54, 1.807) is 24.3 Å². The van der Waals surface area contributed by atoms with Crippen molar-refractivity contribution in [1.29, 1.82) is 0 Å². The molecule has 11 heteroatoms. The first kappa shape index (κ1) is 22.1. The van der Waals surface area contributed by atoms with Gasteiger partial charge in [0, 0.05) is 11.6 Å². The zero-order valence-electron chi connectivity index (χ0n) is 15.0. The number of para-hydroxylation sites is 1. The van der Waals surface area contributed by atoms with Crippen molar-refractivity contribution >= 4 is 52.4 Å². The van der Waals surface area contributed by atoms with Crippen molar-refractivity contribution in [1.82, 2.24) is 5.32 Å². The fourth-order valence-electron chi connectivity index (χ4n) is 2.14. The van der Waals surface area contributed by atoms with Crippen molar-refractivity contribution < 1.29 is 24.0 Å². The third kappa shape index (κ3) is 6.16. The minimum Gasteiger partial charge on any atom is -0.451 e. The van der Waals surface area contributed by atoms with Gasteiger partial charge in [-0.1, -0.05) is 35.3 Å². The van der Waals surface area contributed by atoms with E-state index in [0.29, 0.717) is 10.7 Å². The lowest BCUT2D eigenvalue weighted by molar-refractivity contribution is -0.384. The van der Waals surface area contributed by atoms with E-state index in [9.17, 15) is 24.5 Å². The van der Waals surface area contributed by atoms with Crippen LogP contribution in [-0.4, -0.2) is 35.4 Å². The first-order valence-corrected chi connectivity index (χ1v) is 8.91. The predicted octanol–water partition coefficient (Wildman–Crippen LogP) is 3.20. The second kappa shape index (κ2) is 9.85. The summed E-state index contributed by atoms with van der Waals surface area (Å²) in [6, 6.07) is 10.0. The Bertz CT molecular complexity index is 966. The van der Waals surface area contributed by atoms with E-state index in [0.717, 1.165) is 6.07 Å². The first-order valence-electron chi connectivity index (χ1n) is 8.16. The fraction of sp³-hybridized carbons (Fsp3) is 0.167. The van der Waals surface area contributed by atoms with Crippen molar-refractivity contribution in [2.24, 2.45) is 0 Å². The van der Waals surface area contributed by atoms with E-state index < -0.39 is 41.0 Å². The summed E-state index contributed by atoms with van der Waals surface area (Å²) in [7, 11) is 0. The summed E-state index contributed by atoms with van der Waals surface area (Å²) in [5.74, 6) is -2.22. The molecule has 1 unspecified atom stereocenters. The third-order valence-corrected chi connectivity index (χ3v) is 4.26. The number of carbonyl (C=O) groups is 3. The Balaban J connectivity index is 1.88. The maximum absolute atomic E-state index is 12.1. The maximum atomic E-state index is 12.1. The molecule has 9 nitrogen and oxygen atoms in total. The van der Waals surface area contributed by atoms with Crippen LogP contribution in [0.15, 0.2) is 42.5 Å². The van der Waals surface area contributed by atoms with Crippen LogP contribution < -0.4 is 10.6 Å². The molecule has 2 rings (SSSR count). The topological polar surface area (TPSA) is 128 Å². The number of ether oxygens (including phenoxy) is 1. The SMILES string of the molecule is CC(OC(=O)CNC(=O)c1ccc(Cl)c([N+](=O)[O-])c1)C(=O)Nc1ccccc1Cl. The Labute approximate surface area is 175 Å². The molecule has 0 radical (unpaired) electrons. The van der Waals surface area contributed by atoms with E-state index in [4.69, 9.17) is 27.9 Å². The Hall–Kier alpha value is -3.17. The normalized spacial score (nSPS) is 11.3. The zero-order valence-corrected chi connectivity index (χ0v) is 16.5. The molecule has 0 aliphatic carbocycles. The third-order valence-electron chi connectivity index (χ3n) is 3.61. The molecule has 0 bridgehead atoms. The summed E-state index contributed by atoms with van der Waals surface area (Å²) >= 11 is 11.6. The van der Waals surface area contributed by atoms with Crippen molar-refractivity contribution in [3.05, 3.63) is 68.2 Å². The summed E-state index contributed by atoms with van der Waals surface area (Å²) in [6.07, 6.45) is -1.15. The summed E-state index contributed by atoms with van der Waals surface area (Å²) < 4.78 is 4.95. The second-order valence-electron chi connectivity index (χ2n) is 5.71. The van der Waals surface area contributed by atoms with Crippen molar-refractivity contribution in [3.8, 4) is 0 Å². The largest absolute Gasteiger partial charge is 0.451 e. The minimum absolute atomic E-state index is 0.0570. The monoisotopic (exact) mass is 439 g/mol. The lowest BCUT2D eigenvalue weighted by Crippen LogP contribution is -2.35. The van der Waals surface area contributed by atoms with Gasteiger partial charge in [0.05, 0.1) is 15.6 Å². The minimum atomic E-state index is -1.15. The molecule has 2 aromatic carbocycles. The van der Waals surface area contributed by atoms with E-state index in [1.807, 2.05) is 0 Å². The first-order chi connectivity index (χ1) is 13.7. The molecular formula is C18H15Cl2N3O6. The Kier molecular flexibility index (Phi) is 7.52. The number of rotatable bonds is 7. The number of esters is 1. The van der Waals surface area contributed by atoms with Gasteiger partial charge in [0.15, 0.2) is 6.10 Å². The number of nitro benzene ring substituents is 1. The van der Waals surface area contributed by atoms with Gasteiger partial charge in [-0.05, 0) is 31.2 Å². The average Bonchev–Trinajstić information content (AvgIpc) is 2.67. The van der Waals surface area contributed by atoms with Crippen LogP contribution in [0.2, 0.25) is 10.0 Å². The van der Waals surface area contributed by atoms with Gasteiger partial charge in [-0.2, -0.15) is 0 Å². The van der Waals surface area contributed by atoms with Crippen LogP contribution in [0.3, 0.4) is 0 Å². The molecule has 0 heterocycles. The van der Waals surface area contributed by atoms with Gasteiger partial charge in [0.2, 0.25) is 0 Å². The van der Waals surface area contributed by atoms with Gasteiger partial charge < -0.3 is 15.4 Å². The van der Waals surface area contributed by atoms with Crippen LogP contribution in [0, 0.1) is 10.1 Å². The van der Waals surface area contributed by atoms with Crippen LogP contribution in [0.4, 0.5) is 11.4 Å². The van der Waals surface area contributed by atoms with Gasteiger partial charge in [0.1, 0.15) is 11.6 Å². The molecule has 0 fully saturated rings. The van der Waals surface area contributed by atoms with Crippen LogP contribution in [-0.2, 0) is 14.3 Å². The van der Waals surface area contributed by atoms with Crippen molar-refractivity contribution in [3.63, 3.8) is 0 Å². The van der Waals surface area contributed by atoms with E-state index in [1.165, 1.54) is 19.1 Å². The van der Waals surface area contributed by atoms with Gasteiger partial charge in [-0.25, -0.2) is 0 Å². The van der Waals surface area contributed by atoms with Crippen molar-refractivity contribution in [2.75, 3.05) is 11.9 Å². The number of hydrogen-bond donors (Lipinski definition) is 2. The Morgan fingerprint density at radius 1 is 1.14 bits per heavy atom. The van der Waals surface area contributed by atoms with E-state index >= 15 is 0 Å².